The molecule has 4 fully saturated rings. The minimum Gasteiger partial charge on any atom is -0.322 e. The molecule has 4 amide bonds. The van der Waals surface area contributed by atoms with Gasteiger partial charge in [-0.1, -0.05) is 108 Å². The summed E-state index contributed by atoms with van der Waals surface area (Å²) in [5, 5.41) is 9.73. The molecule has 32 heteroatoms. The molecule has 4 saturated heterocycles. The highest BCUT2D eigenvalue weighted by Gasteiger charge is 2.31. The summed E-state index contributed by atoms with van der Waals surface area (Å²) < 4.78 is 161. The van der Waals surface area contributed by atoms with Crippen LogP contribution >= 0.6 is 46.4 Å². The van der Waals surface area contributed by atoms with E-state index in [0.717, 1.165) is 89.2 Å². The maximum Gasteiger partial charge on any atom is 0.255 e. The predicted molar refractivity (Wildman–Crippen MR) is 394 cm³/mol. The lowest BCUT2D eigenvalue weighted by atomic mass is 10.2. The van der Waals surface area contributed by atoms with E-state index in [0.29, 0.717) is 58.0 Å². The van der Waals surface area contributed by atoms with Crippen molar-refractivity contribution in [3.05, 3.63) is 235 Å². The van der Waals surface area contributed by atoms with E-state index in [1.807, 2.05) is 0 Å². The fourth-order valence-electron chi connectivity index (χ4n) is 11.4. The Kier molecular flexibility index (Phi) is 28.1. The standard InChI is InChI=1S/4C18H18ClFN2O3S/c19-17-15(20)8-5-9-16(17)21-18(23)13-6-4-7-14(12-13)26(24,25)22-10-2-1-3-11-22;19-15-8-5-9-16(17(15)20)21-18(23)13-6-4-7-14(12-13)26(24,25)22-10-2-1-3-11-22;19-16-12-14(7-8-17(16)20)21-18(23)13-5-4-6-15(11-13)26(24,25)22-9-2-1-3-10-22;19-16-12-14(20)7-8-17(16)21-18(23)13-5-4-6-15(11-13)26(24,25)22-9-2-1-3-10-22/h2*4-9,12H,1-3,10-11H2,(H,21,23);2*4-8,11-12H,1-3,9-10H2,(H,21,23). The van der Waals surface area contributed by atoms with E-state index in [4.69, 9.17) is 46.4 Å². The number of benzene rings is 8. The molecule has 104 heavy (non-hydrogen) atoms. The van der Waals surface area contributed by atoms with Gasteiger partial charge in [0.1, 0.15) is 17.5 Å². The second-order valence-corrected chi connectivity index (χ2v) is 33.6. The van der Waals surface area contributed by atoms with Crippen molar-refractivity contribution in [3.63, 3.8) is 0 Å². The first-order chi connectivity index (χ1) is 49.5. The number of anilines is 4. The molecule has 0 aliphatic carbocycles. The fraction of sp³-hybridized carbons (Fsp3) is 0.278. The monoisotopic (exact) mass is 1580 g/mol. The van der Waals surface area contributed by atoms with Gasteiger partial charge >= 0.3 is 0 Å². The Morgan fingerprint density at radius 3 is 1.02 bits per heavy atom. The second-order valence-electron chi connectivity index (χ2n) is 24.2. The lowest BCUT2D eigenvalue weighted by Gasteiger charge is -2.26. The Morgan fingerprint density at radius 1 is 0.308 bits per heavy atom. The van der Waals surface area contributed by atoms with E-state index >= 15 is 0 Å². The first-order valence-electron chi connectivity index (χ1n) is 33.0. The number of carbonyl (C=O) groups excluding carboxylic acids is 4. The average Bonchev–Trinajstić information content (AvgIpc) is 0.813. The van der Waals surface area contributed by atoms with Gasteiger partial charge in [-0.3, -0.25) is 19.2 Å². The molecule has 4 heterocycles. The third-order valence-electron chi connectivity index (χ3n) is 17.0. The molecule has 552 valence electrons. The Balaban J connectivity index is 0.000000161. The molecule has 8 aromatic carbocycles. The van der Waals surface area contributed by atoms with E-state index in [9.17, 15) is 70.4 Å². The molecule has 0 radical (unpaired) electrons. The summed E-state index contributed by atoms with van der Waals surface area (Å²) in [4.78, 5) is 50.0. The molecule has 0 atom stereocenters. The summed E-state index contributed by atoms with van der Waals surface area (Å²) in [6.07, 6.45) is 10.7. The SMILES string of the molecule is O=C(Nc1ccc(F)c(Cl)c1)c1cccc(S(=O)(=O)N2CCCCC2)c1.O=C(Nc1ccc(F)cc1Cl)c1cccc(S(=O)(=O)N2CCCCC2)c1.O=C(Nc1cccc(Cl)c1F)c1cccc(S(=O)(=O)N2CCCCC2)c1.O=C(Nc1cccc(F)c1Cl)c1cccc(S(=O)(=O)N2CCCCC2)c1. The fourth-order valence-corrected chi connectivity index (χ4v) is 18.4. The van der Waals surface area contributed by atoms with E-state index in [1.54, 1.807) is 0 Å². The highest BCUT2D eigenvalue weighted by Crippen LogP contribution is 2.31. The van der Waals surface area contributed by atoms with Crippen molar-refractivity contribution in [3.8, 4) is 0 Å². The van der Waals surface area contributed by atoms with E-state index in [-0.39, 0.29) is 79.0 Å². The Morgan fingerprint density at radius 2 is 0.644 bits per heavy atom. The number of halogens is 8. The molecule has 4 aliphatic heterocycles. The van der Waals surface area contributed by atoms with Crippen molar-refractivity contribution in [2.24, 2.45) is 0 Å². The van der Waals surface area contributed by atoms with Crippen molar-refractivity contribution in [2.45, 2.75) is 96.6 Å². The Bertz CT molecular complexity index is 4780. The van der Waals surface area contributed by atoms with E-state index in [1.165, 1.54) is 175 Å². The van der Waals surface area contributed by atoms with Crippen LogP contribution in [0.1, 0.15) is 118 Å². The quantitative estimate of drug-likeness (QED) is 0.0658. The van der Waals surface area contributed by atoms with Gasteiger partial charge in [-0.25, -0.2) is 51.2 Å². The van der Waals surface area contributed by atoms with Gasteiger partial charge in [-0.2, -0.15) is 17.2 Å². The molecular weight excluding hydrogens is 1510 g/mol. The molecule has 0 saturated carbocycles. The van der Waals surface area contributed by atoms with Crippen LogP contribution in [0.15, 0.2) is 189 Å². The van der Waals surface area contributed by atoms with Crippen LogP contribution in [-0.4, -0.2) is 127 Å². The number of sulfonamides is 4. The lowest BCUT2D eigenvalue weighted by Crippen LogP contribution is -2.35. The van der Waals surface area contributed by atoms with Gasteiger partial charge in [-0.15, -0.1) is 0 Å². The van der Waals surface area contributed by atoms with Gasteiger partial charge in [0, 0.05) is 80.3 Å². The highest BCUT2D eigenvalue weighted by atomic mass is 35.5. The smallest absolute Gasteiger partial charge is 0.255 e. The van der Waals surface area contributed by atoms with Gasteiger partial charge in [-0.05, 0) is 185 Å². The summed E-state index contributed by atoms with van der Waals surface area (Å²) in [5.41, 5.74) is 1.30. The van der Waals surface area contributed by atoms with Gasteiger partial charge in [0.2, 0.25) is 40.1 Å². The zero-order valence-electron chi connectivity index (χ0n) is 55.7. The van der Waals surface area contributed by atoms with Crippen LogP contribution in [0.4, 0.5) is 40.3 Å². The first-order valence-corrected chi connectivity index (χ1v) is 40.3. The largest absolute Gasteiger partial charge is 0.322 e. The summed E-state index contributed by atoms with van der Waals surface area (Å²) in [6, 6.07) is 39.1. The van der Waals surface area contributed by atoms with Crippen LogP contribution in [0.5, 0.6) is 0 Å². The molecule has 4 aliphatic rings. The first kappa shape index (κ1) is 80.3. The van der Waals surface area contributed by atoms with Crippen LogP contribution in [0.25, 0.3) is 0 Å². The lowest BCUT2D eigenvalue weighted by molar-refractivity contribution is 0.101. The zero-order valence-corrected chi connectivity index (χ0v) is 61.9. The maximum absolute atomic E-state index is 13.9. The summed E-state index contributed by atoms with van der Waals surface area (Å²) in [6.45, 7) is 3.89. The topological polar surface area (TPSA) is 266 Å². The number of nitrogens with one attached hydrogen (secondary N) is 4. The second kappa shape index (κ2) is 36.4. The molecule has 8 aromatic rings. The van der Waals surface area contributed by atoms with Crippen LogP contribution in [0.2, 0.25) is 20.1 Å². The maximum atomic E-state index is 13.9. The van der Waals surface area contributed by atoms with E-state index < -0.39 is 87.0 Å². The third-order valence-corrected chi connectivity index (χ3v) is 25.8. The van der Waals surface area contributed by atoms with Crippen LogP contribution in [0.3, 0.4) is 0 Å². The number of piperidine rings is 4. The van der Waals surface area contributed by atoms with Crippen LogP contribution in [-0.2, 0) is 40.1 Å². The Labute approximate surface area is 621 Å². The summed E-state index contributed by atoms with van der Waals surface area (Å²) in [5.74, 6) is -4.67. The number of hydrogen-bond donors (Lipinski definition) is 4. The van der Waals surface area contributed by atoms with Gasteiger partial charge in [0.25, 0.3) is 23.6 Å². The van der Waals surface area contributed by atoms with Crippen molar-refractivity contribution in [1.29, 1.82) is 0 Å². The van der Waals surface area contributed by atoms with E-state index in [2.05, 4.69) is 21.3 Å². The molecular formula is C72H72Cl4F4N8O12S4. The average molecular weight is 1590 g/mol. The van der Waals surface area contributed by atoms with Crippen LogP contribution < -0.4 is 21.3 Å². The van der Waals surface area contributed by atoms with Crippen LogP contribution in [0, 0.1) is 23.3 Å². The van der Waals surface area contributed by atoms with Crippen molar-refractivity contribution in [1.82, 2.24) is 17.2 Å². The summed E-state index contributed by atoms with van der Waals surface area (Å²) >= 11 is 23.2. The van der Waals surface area contributed by atoms with Gasteiger partial charge in [0.05, 0.1) is 56.7 Å². The molecule has 12 rings (SSSR count). The summed E-state index contributed by atoms with van der Waals surface area (Å²) in [7, 11) is -14.5. The number of nitrogens with zero attached hydrogens (tertiary/aromatic N) is 4. The van der Waals surface area contributed by atoms with Crippen molar-refractivity contribution in [2.75, 3.05) is 73.6 Å². The normalized spacial score (nSPS) is 15.6. The molecule has 0 unspecified atom stereocenters. The van der Waals surface area contributed by atoms with Gasteiger partial charge < -0.3 is 21.3 Å². The zero-order chi connectivity index (χ0) is 74.9. The number of carbonyl (C=O) groups is 4. The highest BCUT2D eigenvalue weighted by molar-refractivity contribution is 7.90. The minimum absolute atomic E-state index is 0.0543. The number of rotatable bonds is 16. The molecule has 0 spiro atoms. The minimum atomic E-state index is -3.65. The van der Waals surface area contributed by atoms with Gasteiger partial charge in [0.15, 0.2) is 5.82 Å². The number of hydrogen-bond acceptors (Lipinski definition) is 12. The molecule has 0 aromatic heterocycles. The Hall–Kier alpha value is -7.84. The third kappa shape index (κ3) is 20.8. The molecule has 20 nitrogen and oxygen atoms in total. The van der Waals surface area contributed by atoms with Crippen molar-refractivity contribution < 1.29 is 70.4 Å². The molecule has 0 bridgehead atoms. The molecule has 4 N–H and O–H groups in total. The number of amides is 4. The van der Waals surface area contributed by atoms with Crippen molar-refractivity contribution >= 4 is 133 Å². The predicted octanol–water partition coefficient (Wildman–Crippen LogP) is 15.6.